The quantitative estimate of drug-likeness (QED) is 0.124. The monoisotopic (exact) mass is 855 g/mol. The number of nitrogens with two attached hydrogens (primary N) is 1. The maximum Gasteiger partial charge on any atom is 0.246 e. The van der Waals surface area contributed by atoms with Gasteiger partial charge < -0.3 is 52.5 Å². The van der Waals surface area contributed by atoms with E-state index in [0.717, 1.165) is 5.56 Å². The van der Waals surface area contributed by atoms with Crippen LogP contribution in [0.2, 0.25) is 0 Å². The smallest absolute Gasteiger partial charge is 0.246 e. The standard InChI is InChI=1S/C44H57N9O9/c1-46-34(22-30-17-19-31(54)20-18-30)42(60)51-32-16-10-11-21-47-37(55)25-33(40(45)58)50-38(56)26-48-43(61)35(23-28-12-6-4-7-13-28)53(3)44(62)36(24-29-14-8-5-9-15-29)52(2)39(57)27-49-41(32)59/h4-9,12-15,17-20,32-36,46,54H,10-11,16,21-27H2,1-3H3,(H2,45,58)(H,47,55)(H,48,61)(H,49,59)(H,50,56)(H,51,60)/t32-,33+,34+,35+,36+/m1/s1. The largest absolute Gasteiger partial charge is 0.508 e. The molecular formula is C44H57N9O9. The number of carbonyl (C=O) groups excluding carboxylic acids is 8. The second-order valence-electron chi connectivity index (χ2n) is 15.1. The van der Waals surface area contributed by atoms with E-state index in [0.29, 0.717) is 24.0 Å². The summed E-state index contributed by atoms with van der Waals surface area (Å²) in [7, 11) is 4.44. The van der Waals surface area contributed by atoms with Gasteiger partial charge in [-0.1, -0.05) is 72.8 Å². The number of carbonyl (C=O) groups is 8. The van der Waals surface area contributed by atoms with Gasteiger partial charge in [0, 0.05) is 33.5 Å². The van der Waals surface area contributed by atoms with Gasteiger partial charge in [0.2, 0.25) is 47.3 Å². The molecule has 1 heterocycles. The van der Waals surface area contributed by atoms with Gasteiger partial charge in [0.15, 0.2) is 0 Å². The molecule has 0 radical (unpaired) electrons. The third-order valence-electron chi connectivity index (χ3n) is 10.6. The fourth-order valence-corrected chi connectivity index (χ4v) is 6.89. The molecule has 0 bridgehead atoms. The van der Waals surface area contributed by atoms with E-state index in [9.17, 15) is 43.5 Å². The molecule has 1 fully saturated rings. The van der Waals surface area contributed by atoms with E-state index in [1.54, 1.807) is 79.8 Å². The molecule has 0 aromatic heterocycles. The lowest BCUT2D eigenvalue weighted by atomic mass is 10.00. The summed E-state index contributed by atoms with van der Waals surface area (Å²) in [6.45, 7) is -1.02. The number of likely N-dealkylation sites (N-methyl/N-ethyl adjacent to an activating group) is 3. The Bertz CT molecular complexity index is 2020. The lowest BCUT2D eigenvalue weighted by molar-refractivity contribution is -0.147. The molecule has 0 spiro atoms. The fraction of sp³-hybridized carbons (Fsp3) is 0.409. The van der Waals surface area contributed by atoms with Gasteiger partial charge in [0.1, 0.15) is 29.9 Å². The van der Waals surface area contributed by atoms with E-state index in [-0.39, 0.29) is 38.0 Å². The second kappa shape index (κ2) is 23.8. The minimum absolute atomic E-state index is 0.0306. The maximum atomic E-state index is 14.6. The van der Waals surface area contributed by atoms with Crippen molar-refractivity contribution in [3.05, 3.63) is 102 Å². The van der Waals surface area contributed by atoms with Gasteiger partial charge in [-0.25, -0.2) is 0 Å². The molecule has 1 aliphatic rings. The van der Waals surface area contributed by atoms with Crippen LogP contribution in [0.3, 0.4) is 0 Å². The van der Waals surface area contributed by atoms with Crippen molar-refractivity contribution in [1.82, 2.24) is 41.7 Å². The first-order valence-corrected chi connectivity index (χ1v) is 20.4. The summed E-state index contributed by atoms with van der Waals surface area (Å²) in [6.07, 6.45) is 0.609. The molecule has 8 amide bonds. The molecule has 9 N–H and O–H groups in total. The highest BCUT2D eigenvalue weighted by molar-refractivity contribution is 5.96. The van der Waals surface area contributed by atoms with E-state index in [1.807, 2.05) is 0 Å². The molecule has 62 heavy (non-hydrogen) atoms. The highest BCUT2D eigenvalue weighted by atomic mass is 16.3. The van der Waals surface area contributed by atoms with Crippen molar-refractivity contribution in [3.8, 4) is 5.75 Å². The van der Waals surface area contributed by atoms with Crippen molar-refractivity contribution in [2.75, 3.05) is 40.8 Å². The van der Waals surface area contributed by atoms with E-state index >= 15 is 0 Å². The maximum absolute atomic E-state index is 14.6. The number of rotatable bonds is 10. The number of phenolic OH excluding ortho intramolecular Hbond substituents is 1. The first-order chi connectivity index (χ1) is 29.7. The number of nitrogens with one attached hydrogen (secondary N) is 6. The number of phenols is 1. The molecule has 3 aromatic rings. The first kappa shape index (κ1) is 47.9. The van der Waals surface area contributed by atoms with Gasteiger partial charge in [-0.05, 0) is 61.6 Å². The Balaban J connectivity index is 1.64. The number of hydrogen-bond acceptors (Lipinski definition) is 10. The van der Waals surface area contributed by atoms with E-state index in [2.05, 4.69) is 31.9 Å². The van der Waals surface area contributed by atoms with Crippen LogP contribution < -0.4 is 37.6 Å². The zero-order chi connectivity index (χ0) is 45.2. The number of primary amides is 1. The van der Waals surface area contributed by atoms with E-state index < -0.39 is 97.0 Å². The molecule has 1 aliphatic heterocycles. The van der Waals surface area contributed by atoms with Crippen molar-refractivity contribution < 1.29 is 43.5 Å². The molecule has 5 atom stereocenters. The second-order valence-corrected chi connectivity index (χ2v) is 15.1. The van der Waals surface area contributed by atoms with Gasteiger partial charge in [0.25, 0.3) is 0 Å². The van der Waals surface area contributed by atoms with E-state index in [1.165, 1.54) is 36.0 Å². The lowest BCUT2D eigenvalue weighted by Crippen LogP contribution is -2.58. The normalized spacial score (nSPS) is 21.1. The minimum atomic E-state index is -1.40. The van der Waals surface area contributed by atoms with Crippen LogP contribution in [-0.2, 0) is 57.6 Å². The number of amides is 8. The Morgan fingerprint density at radius 2 is 1.34 bits per heavy atom. The SMILES string of the molecule is CN[C@@H](Cc1ccc(O)cc1)C(=O)N[C@@H]1CCCCNC(=O)C[C@@H](C(N)=O)NC(=O)CNC(=O)[C@H](Cc2ccccc2)N(C)C(=O)[C@H](Cc2ccccc2)N(C)C(=O)CNC1=O. The molecule has 332 valence electrons. The first-order valence-electron chi connectivity index (χ1n) is 20.4. The highest BCUT2D eigenvalue weighted by Gasteiger charge is 2.36. The molecule has 18 nitrogen and oxygen atoms in total. The van der Waals surface area contributed by atoms with Crippen LogP contribution in [-0.4, -0.2) is 133 Å². The summed E-state index contributed by atoms with van der Waals surface area (Å²) in [6, 6.07) is 18.6. The fourth-order valence-electron chi connectivity index (χ4n) is 6.89. The topological polar surface area (TPSA) is 261 Å². The Hall–Kier alpha value is -6.82. The number of hydrogen-bond donors (Lipinski definition) is 8. The predicted molar refractivity (Wildman–Crippen MR) is 229 cm³/mol. The van der Waals surface area contributed by atoms with Gasteiger partial charge in [-0.15, -0.1) is 0 Å². The van der Waals surface area contributed by atoms with Crippen molar-refractivity contribution in [2.45, 2.75) is 75.2 Å². The summed E-state index contributed by atoms with van der Waals surface area (Å²) < 4.78 is 0. The van der Waals surface area contributed by atoms with Gasteiger partial charge in [-0.2, -0.15) is 0 Å². The van der Waals surface area contributed by atoms with Crippen molar-refractivity contribution in [1.29, 1.82) is 0 Å². The van der Waals surface area contributed by atoms with Gasteiger partial charge in [-0.3, -0.25) is 38.4 Å². The Morgan fingerprint density at radius 1 is 0.742 bits per heavy atom. The lowest BCUT2D eigenvalue weighted by Gasteiger charge is -2.34. The van der Waals surface area contributed by atoms with Gasteiger partial charge >= 0.3 is 0 Å². The van der Waals surface area contributed by atoms with Gasteiger partial charge in [0.05, 0.1) is 25.6 Å². The average molecular weight is 856 g/mol. The van der Waals surface area contributed by atoms with E-state index in [4.69, 9.17) is 5.73 Å². The molecule has 3 aromatic carbocycles. The third kappa shape index (κ3) is 14.7. The Morgan fingerprint density at radius 3 is 1.94 bits per heavy atom. The third-order valence-corrected chi connectivity index (χ3v) is 10.6. The zero-order valence-corrected chi connectivity index (χ0v) is 35.2. The molecule has 0 aliphatic carbocycles. The number of nitrogens with zero attached hydrogens (tertiary/aromatic N) is 2. The molecule has 18 heteroatoms. The molecule has 1 saturated heterocycles. The average Bonchev–Trinajstić information content (AvgIpc) is 3.26. The minimum Gasteiger partial charge on any atom is -0.508 e. The molecule has 0 saturated carbocycles. The highest BCUT2D eigenvalue weighted by Crippen LogP contribution is 2.16. The summed E-state index contributed by atoms with van der Waals surface area (Å²) in [5.41, 5.74) is 7.67. The van der Waals surface area contributed by atoms with Crippen LogP contribution in [0.15, 0.2) is 84.9 Å². The molecule has 0 unspecified atom stereocenters. The van der Waals surface area contributed by atoms with Crippen LogP contribution in [0, 0.1) is 0 Å². The van der Waals surface area contributed by atoms with Crippen molar-refractivity contribution in [3.63, 3.8) is 0 Å². The predicted octanol–water partition coefficient (Wildman–Crippen LogP) is -0.960. The van der Waals surface area contributed by atoms with Crippen LogP contribution in [0.5, 0.6) is 5.75 Å². The number of aromatic hydroxyl groups is 1. The summed E-state index contributed by atoms with van der Waals surface area (Å²) in [5, 5.41) is 25.6. The summed E-state index contributed by atoms with van der Waals surface area (Å²) >= 11 is 0. The summed E-state index contributed by atoms with van der Waals surface area (Å²) in [5.74, 6) is -5.41. The Kier molecular flexibility index (Phi) is 18.4. The van der Waals surface area contributed by atoms with Crippen LogP contribution in [0.25, 0.3) is 0 Å². The Labute approximate surface area is 360 Å². The molecular weight excluding hydrogens is 799 g/mol. The zero-order valence-electron chi connectivity index (χ0n) is 35.2. The van der Waals surface area contributed by atoms with Crippen LogP contribution >= 0.6 is 0 Å². The summed E-state index contributed by atoms with van der Waals surface area (Å²) in [4.78, 5) is 110. The van der Waals surface area contributed by atoms with Crippen molar-refractivity contribution >= 4 is 47.3 Å². The van der Waals surface area contributed by atoms with Crippen LogP contribution in [0.1, 0.15) is 42.4 Å². The number of benzene rings is 3. The van der Waals surface area contributed by atoms with Crippen LogP contribution in [0.4, 0.5) is 0 Å². The van der Waals surface area contributed by atoms with Crippen molar-refractivity contribution in [2.24, 2.45) is 5.73 Å². The molecule has 4 rings (SSSR count).